The fourth-order valence-corrected chi connectivity index (χ4v) is 2.50. The van der Waals surface area contributed by atoms with Crippen LogP contribution >= 0.6 is 0 Å². The molecule has 0 amide bonds. The van der Waals surface area contributed by atoms with E-state index in [1.165, 1.54) is 12.1 Å². The van der Waals surface area contributed by atoms with Crippen LogP contribution < -0.4 is 0 Å². The summed E-state index contributed by atoms with van der Waals surface area (Å²) in [5, 5.41) is 29.6. The highest BCUT2D eigenvalue weighted by molar-refractivity contribution is 6.01. The Balaban J connectivity index is 1.97. The molecule has 3 rings (SSSR count). The van der Waals surface area contributed by atoms with Crippen molar-refractivity contribution >= 4 is 16.7 Å². The molecule has 0 aliphatic carbocycles. The summed E-state index contributed by atoms with van der Waals surface area (Å²) in [6.45, 7) is 1.82. The minimum atomic E-state index is -0.691. The minimum absolute atomic E-state index is 0.0344. The summed E-state index contributed by atoms with van der Waals surface area (Å²) in [5.41, 5.74) is 2.30. The monoisotopic (exact) mass is 309 g/mol. The van der Waals surface area contributed by atoms with E-state index in [-0.39, 0.29) is 17.8 Å². The Kier molecular flexibility index (Phi) is 3.62. The van der Waals surface area contributed by atoms with Crippen LogP contribution in [0.4, 0.5) is 0 Å². The molecule has 1 heterocycles. The molecule has 0 saturated heterocycles. The normalized spacial score (nSPS) is 10.8. The first-order valence-corrected chi connectivity index (χ1v) is 7.09. The molecule has 0 atom stereocenters. The number of hydrogen-bond acceptors (Lipinski definition) is 5. The Hall–Kier alpha value is -3.08. The Morgan fingerprint density at radius 1 is 1.04 bits per heavy atom. The maximum atomic E-state index is 12.4. The van der Waals surface area contributed by atoms with Gasteiger partial charge in [0.1, 0.15) is 0 Å². The van der Waals surface area contributed by atoms with Crippen molar-refractivity contribution in [1.82, 2.24) is 4.98 Å². The first-order valence-electron chi connectivity index (χ1n) is 7.09. The van der Waals surface area contributed by atoms with Crippen molar-refractivity contribution in [2.75, 3.05) is 0 Å². The number of Topliss-reactive ketones (excluding diaryl/α,β-unsaturated/α-hetero) is 1. The Morgan fingerprint density at radius 2 is 1.78 bits per heavy atom. The number of nitrogens with zero attached hydrogens (tertiary/aromatic N) is 1. The lowest BCUT2D eigenvalue weighted by atomic mass is 9.99. The number of aromatic nitrogens is 1. The van der Waals surface area contributed by atoms with Gasteiger partial charge in [0.2, 0.25) is 5.75 Å². The van der Waals surface area contributed by atoms with E-state index in [0.717, 1.165) is 22.2 Å². The fraction of sp³-hybridized carbons (Fsp3) is 0.111. The molecule has 0 unspecified atom stereocenters. The zero-order valence-electron chi connectivity index (χ0n) is 12.4. The lowest BCUT2D eigenvalue weighted by Crippen LogP contribution is -2.06. The third kappa shape index (κ3) is 2.68. The number of aryl methyl sites for hydroxylation is 1. The number of carbonyl (C=O) groups is 1. The molecule has 3 aromatic rings. The van der Waals surface area contributed by atoms with Crippen LogP contribution in [-0.4, -0.2) is 26.1 Å². The average molecular weight is 309 g/mol. The van der Waals surface area contributed by atoms with Crippen molar-refractivity contribution in [2.24, 2.45) is 0 Å². The Labute approximate surface area is 132 Å². The second-order valence-corrected chi connectivity index (χ2v) is 5.36. The smallest absolute Gasteiger partial charge is 0.201 e. The third-order valence-corrected chi connectivity index (χ3v) is 3.80. The van der Waals surface area contributed by atoms with Crippen molar-refractivity contribution in [3.63, 3.8) is 0 Å². The van der Waals surface area contributed by atoms with Gasteiger partial charge in [0.15, 0.2) is 17.3 Å². The molecule has 116 valence electrons. The highest BCUT2D eigenvalue weighted by atomic mass is 16.3. The van der Waals surface area contributed by atoms with Crippen LogP contribution in [0.1, 0.15) is 21.6 Å². The number of para-hydroxylation sites is 1. The molecule has 0 bridgehead atoms. The number of ketones is 1. The zero-order chi connectivity index (χ0) is 16.6. The molecule has 5 nitrogen and oxygen atoms in total. The van der Waals surface area contributed by atoms with Crippen molar-refractivity contribution in [2.45, 2.75) is 13.3 Å². The van der Waals surface area contributed by atoms with E-state index in [0.29, 0.717) is 0 Å². The van der Waals surface area contributed by atoms with Gasteiger partial charge in [-0.2, -0.15) is 0 Å². The number of carbonyl (C=O) groups excluding carboxylic acids is 1. The molecule has 1 aromatic heterocycles. The van der Waals surface area contributed by atoms with Gasteiger partial charge in [0.25, 0.3) is 0 Å². The van der Waals surface area contributed by atoms with Crippen LogP contribution in [0.3, 0.4) is 0 Å². The predicted octanol–water partition coefficient (Wildman–Crippen LogP) is 3.09. The summed E-state index contributed by atoms with van der Waals surface area (Å²) in [6.07, 6.45) is 0.0431. The zero-order valence-corrected chi connectivity index (χ0v) is 12.4. The first kappa shape index (κ1) is 14.8. The standard InChI is InChI=1S/C18H15NO4/c1-10-12(8-11-4-2-3-5-14(11)19-10)9-16(21)13-6-7-15(20)18(23)17(13)22/h2-8,20,22-23H,9H2,1H3. The molecule has 0 radical (unpaired) electrons. The Morgan fingerprint density at radius 3 is 2.57 bits per heavy atom. The largest absolute Gasteiger partial charge is 0.504 e. The number of aromatic hydroxyl groups is 3. The van der Waals surface area contributed by atoms with E-state index in [2.05, 4.69) is 4.98 Å². The van der Waals surface area contributed by atoms with Gasteiger partial charge in [-0.3, -0.25) is 9.78 Å². The molecule has 5 heteroatoms. The number of pyridine rings is 1. The van der Waals surface area contributed by atoms with Gasteiger partial charge in [-0.05, 0) is 36.8 Å². The number of phenolic OH excluding ortho intramolecular Hbond substituents is 3. The van der Waals surface area contributed by atoms with Gasteiger partial charge in [-0.1, -0.05) is 18.2 Å². The summed E-state index contributed by atoms with van der Waals surface area (Å²) in [4.78, 5) is 16.9. The second-order valence-electron chi connectivity index (χ2n) is 5.36. The van der Waals surface area contributed by atoms with Gasteiger partial charge < -0.3 is 15.3 Å². The van der Waals surface area contributed by atoms with E-state index < -0.39 is 17.2 Å². The number of benzene rings is 2. The quantitative estimate of drug-likeness (QED) is 0.511. The molecule has 3 N–H and O–H groups in total. The highest BCUT2D eigenvalue weighted by Gasteiger charge is 2.18. The lowest BCUT2D eigenvalue weighted by molar-refractivity contribution is 0.0989. The molecule has 2 aromatic carbocycles. The summed E-state index contributed by atoms with van der Waals surface area (Å²) >= 11 is 0. The summed E-state index contributed by atoms with van der Waals surface area (Å²) in [5.74, 6) is -2.13. The maximum absolute atomic E-state index is 12.4. The Bertz CT molecular complexity index is 918. The van der Waals surface area contributed by atoms with E-state index in [4.69, 9.17) is 0 Å². The van der Waals surface area contributed by atoms with Gasteiger partial charge in [-0.15, -0.1) is 0 Å². The number of fused-ring (bicyclic) bond motifs is 1. The van der Waals surface area contributed by atoms with Crippen LogP contribution in [0.25, 0.3) is 10.9 Å². The maximum Gasteiger partial charge on any atom is 0.201 e. The summed E-state index contributed by atoms with van der Waals surface area (Å²) < 4.78 is 0. The molecule has 0 aliphatic heterocycles. The molecule has 0 spiro atoms. The van der Waals surface area contributed by atoms with Crippen LogP contribution in [0, 0.1) is 6.92 Å². The SMILES string of the molecule is Cc1nc2ccccc2cc1CC(=O)c1ccc(O)c(O)c1O. The predicted molar refractivity (Wildman–Crippen MR) is 86.0 cm³/mol. The molecular formula is C18H15NO4. The van der Waals surface area contributed by atoms with Crippen molar-refractivity contribution in [3.8, 4) is 17.2 Å². The van der Waals surface area contributed by atoms with E-state index in [1.54, 1.807) is 0 Å². The van der Waals surface area contributed by atoms with Crippen LogP contribution in [0.5, 0.6) is 17.2 Å². The first-order chi connectivity index (χ1) is 11.0. The van der Waals surface area contributed by atoms with E-state index in [1.807, 2.05) is 37.3 Å². The molecule has 0 fully saturated rings. The van der Waals surface area contributed by atoms with Gasteiger partial charge in [0, 0.05) is 17.5 Å². The van der Waals surface area contributed by atoms with Crippen molar-refractivity contribution in [3.05, 3.63) is 59.3 Å². The summed E-state index contributed by atoms with van der Waals surface area (Å²) in [7, 11) is 0. The van der Waals surface area contributed by atoms with Crippen LogP contribution in [0.2, 0.25) is 0 Å². The second kappa shape index (κ2) is 5.61. The number of rotatable bonds is 3. The average Bonchev–Trinajstić information content (AvgIpc) is 2.53. The van der Waals surface area contributed by atoms with Gasteiger partial charge >= 0.3 is 0 Å². The lowest BCUT2D eigenvalue weighted by Gasteiger charge is -2.09. The fourth-order valence-electron chi connectivity index (χ4n) is 2.50. The number of phenols is 3. The molecular weight excluding hydrogens is 294 g/mol. The number of hydrogen-bond donors (Lipinski definition) is 3. The van der Waals surface area contributed by atoms with E-state index >= 15 is 0 Å². The van der Waals surface area contributed by atoms with Crippen molar-refractivity contribution < 1.29 is 20.1 Å². The van der Waals surface area contributed by atoms with Crippen LogP contribution in [-0.2, 0) is 6.42 Å². The van der Waals surface area contributed by atoms with Crippen molar-refractivity contribution in [1.29, 1.82) is 0 Å². The molecule has 23 heavy (non-hydrogen) atoms. The van der Waals surface area contributed by atoms with Crippen LogP contribution in [0.15, 0.2) is 42.5 Å². The molecule has 0 aliphatic rings. The summed E-state index contributed by atoms with van der Waals surface area (Å²) in [6, 6.07) is 12.0. The third-order valence-electron chi connectivity index (χ3n) is 3.80. The molecule has 0 saturated carbocycles. The van der Waals surface area contributed by atoms with Gasteiger partial charge in [0.05, 0.1) is 11.1 Å². The van der Waals surface area contributed by atoms with E-state index in [9.17, 15) is 20.1 Å². The minimum Gasteiger partial charge on any atom is -0.504 e. The topological polar surface area (TPSA) is 90.7 Å². The van der Waals surface area contributed by atoms with Gasteiger partial charge in [-0.25, -0.2) is 0 Å². The highest BCUT2D eigenvalue weighted by Crippen LogP contribution is 2.37.